The topological polar surface area (TPSA) is 74.7 Å². The molecular formula is C34H39F8NO4S. The van der Waals surface area contributed by atoms with Gasteiger partial charge in [-0.15, -0.1) is 0 Å². The van der Waals surface area contributed by atoms with Crippen LogP contribution in [0.4, 0.5) is 35.1 Å². The molecule has 5 rings (SSSR count). The fourth-order valence-electron chi connectivity index (χ4n) is 7.20. The summed E-state index contributed by atoms with van der Waals surface area (Å²) in [5.41, 5.74) is -6.79. The molecule has 1 saturated carbocycles. The molecule has 3 aliphatic rings. The number of halogens is 8. The number of alkyl halides is 8. The first-order chi connectivity index (χ1) is 22.4. The number of likely N-dealkylation sites (tertiary alicyclic amines) is 1. The van der Waals surface area contributed by atoms with E-state index in [0.717, 1.165) is 30.7 Å². The molecule has 2 aromatic rings. The molecule has 1 N–H and O–H groups in total. The van der Waals surface area contributed by atoms with Gasteiger partial charge >= 0.3 is 18.0 Å². The second-order valence-electron chi connectivity index (χ2n) is 12.7. The largest absolute Gasteiger partial charge is 0.516 e. The molecule has 2 unspecified atom stereocenters. The van der Waals surface area contributed by atoms with E-state index in [-0.39, 0.29) is 73.4 Å². The van der Waals surface area contributed by atoms with Gasteiger partial charge in [-0.2, -0.15) is 26.3 Å². The molecule has 0 bridgehead atoms. The van der Waals surface area contributed by atoms with Gasteiger partial charge in [-0.1, -0.05) is 55.3 Å². The Bertz CT molecular complexity index is 1570. The number of benzene rings is 2. The van der Waals surface area contributed by atoms with Gasteiger partial charge in [0.1, 0.15) is 10.9 Å². The minimum absolute atomic E-state index is 0.0243. The number of sulfone groups is 1. The molecule has 0 aromatic heterocycles. The number of aliphatic hydroxyl groups is 1. The van der Waals surface area contributed by atoms with E-state index in [1.54, 1.807) is 25.1 Å². The molecule has 2 aliphatic carbocycles. The van der Waals surface area contributed by atoms with Crippen LogP contribution in [0.2, 0.25) is 0 Å². The third-order valence-electron chi connectivity index (χ3n) is 9.73. The Morgan fingerprint density at radius 1 is 0.958 bits per heavy atom. The van der Waals surface area contributed by atoms with Crippen molar-refractivity contribution in [1.82, 2.24) is 4.90 Å². The zero-order chi connectivity index (χ0) is 35.7. The molecule has 266 valence electrons. The summed E-state index contributed by atoms with van der Waals surface area (Å²) >= 11 is 0. The van der Waals surface area contributed by atoms with Crippen LogP contribution < -0.4 is 0 Å². The predicted molar refractivity (Wildman–Crippen MR) is 163 cm³/mol. The van der Waals surface area contributed by atoms with E-state index in [1.807, 2.05) is 0 Å². The molecule has 2 aromatic carbocycles. The van der Waals surface area contributed by atoms with Crippen molar-refractivity contribution < 1.29 is 53.4 Å². The first-order valence-electron chi connectivity index (χ1n) is 15.9. The van der Waals surface area contributed by atoms with Gasteiger partial charge in [0.15, 0.2) is 9.84 Å². The number of allylic oxidation sites excluding steroid dienone is 1. The smallest absolute Gasteiger partial charge is 0.435 e. The highest BCUT2D eigenvalue weighted by atomic mass is 32.2. The van der Waals surface area contributed by atoms with E-state index >= 15 is 0 Å². The molecule has 48 heavy (non-hydrogen) atoms. The summed E-state index contributed by atoms with van der Waals surface area (Å²) < 4.78 is 137. The van der Waals surface area contributed by atoms with Crippen molar-refractivity contribution in [2.75, 3.05) is 6.54 Å². The van der Waals surface area contributed by atoms with Crippen LogP contribution in [0.15, 0.2) is 59.7 Å². The Morgan fingerprint density at radius 2 is 1.56 bits per heavy atom. The first-order valence-corrected chi connectivity index (χ1v) is 17.4. The minimum Gasteiger partial charge on any atom is -0.516 e. The number of fused-ring (bicyclic) bond motifs is 3. The number of aliphatic hydroxyl groups excluding tert-OH is 1. The van der Waals surface area contributed by atoms with E-state index < -0.39 is 56.3 Å². The van der Waals surface area contributed by atoms with Crippen LogP contribution >= 0.6 is 0 Å². The summed E-state index contributed by atoms with van der Waals surface area (Å²) in [6.45, 7) is 3.78. The maximum Gasteiger partial charge on any atom is 0.435 e. The number of unbranched alkanes of at least 4 members (excludes halogenated alkanes) is 1. The lowest BCUT2D eigenvalue weighted by molar-refractivity contribution is -0.348. The van der Waals surface area contributed by atoms with Crippen molar-refractivity contribution in [3.8, 4) is 0 Å². The lowest BCUT2D eigenvalue weighted by atomic mass is 9.76. The van der Waals surface area contributed by atoms with Gasteiger partial charge < -0.3 is 10.0 Å². The molecule has 0 radical (unpaired) electrons. The van der Waals surface area contributed by atoms with Gasteiger partial charge in [-0.05, 0) is 81.5 Å². The molecule has 1 aliphatic heterocycles. The van der Waals surface area contributed by atoms with Crippen molar-refractivity contribution in [3.05, 3.63) is 77.1 Å². The lowest BCUT2D eigenvalue weighted by Gasteiger charge is -2.43. The van der Waals surface area contributed by atoms with Crippen molar-refractivity contribution in [2.24, 2.45) is 5.92 Å². The summed E-state index contributed by atoms with van der Waals surface area (Å²) in [5.74, 6) is -0.866. The summed E-state index contributed by atoms with van der Waals surface area (Å²) in [7, 11) is -4.39. The van der Waals surface area contributed by atoms with Crippen LogP contribution in [-0.2, 0) is 31.5 Å². The molecule has 5 nitrogen and oxygen atoms in total. The average Bonchev–Trinajstić information content (AvgIpc) is 3.44. The molecular weight excluding hydrogens is 670 g/mol. The van der Waals surface area contributed by atoms with Gasteiger partial charge in [0.2, 0.25) is 5.91 Å². The van der Waals surface area contributed by atoms with Crippen LogP contribution in [0.5, 0.6) is 0 Å². The highest BCUT2D eigenvalue weighted by Gasteiger charge is 2.74. The van der Waals surface area contributed by atoms with E-state index in [1.165, 1.54) is 17.0 Å². The van der Waals surface area contributed by atoms with Gasteiger partial charge in [0.25, 0.3) is 0 Å². The zero-order valence-corrected chi connectivity index (χ0v) is 27.4. The summed E-state index contributed by atoms with van der Waals surface area (Å²) in [6, 6.07) is 6.53. The second-order valence-corrected chi connectivity index (χ2v) is 14.9. The summed E-state index contributed by atoms with van der Waals surface area (Å²) in [6.07, 6.45) is -8.22. The number of aryl methyl sites for hydroxylation is 2. The normalized spacial score (nSPS) is 24.9. The third-order valence-corrected chi connectivity index (χ3v) is 12.3. The van der Waals surface area contributed by atoms with E-state index in [4.69, 9.17) is 5.11 Å². The van der Waals surface area contributed by atoms with E-state index in [0.29, 0.717) is 12.1 Å². The molecule has 0 spiro atoms. The maximum atomic E-state index is 15.0. The van der Waals surface area contributed by atoms with Gasteiger partial charge in [-0.25, -0.2) is 17.2 Å². The number of nitrogens with zero attached hydrogens (tertiary/aromatic N) is 1. The number of hydrogen-bond donors (Lipinski definition) is 1. The highest BCUT2D eigenvalue weighted by molar-refractivity contribution is 7.92. The van der Waals surface area contributed by atoms with Gasteiger partial charge in [-0.3, -0.25) is 4.79 Å². The molecule has 1 saturated heterocycles. The van der Waals surface area contributed by atoms with E-state index in [2.05, 4.69) is 6.92 Å². The number of carbonyl (C=O) groups excluding carboxylic acids is 1. The monoisotopic (exact) mass is 709 g/mol. The number of amides is 1. The second kappa shape index (κ2) is 14.0. The zero-order valence-electron chi connectivity index (χ0n) is 26.6. The van der Waals surface area contributed by atoms with Crippen molar-refractivity contribution in [2.45, 2.75) is 112 Å². The fourth-order valence-corrected chi connectivity index (χ4v) is 9.56. The van der Waals surface area contributed by atoms with E-state index in [9.17, 15) is 48.3 Å². The number of rotatable bonds is 6. The molecule has 2 fully saturated rings. The fraction of sp³-hybridized carbons (Fsp3) is 0.559. The minimum atomic E-state index is -6.32. The highest BCUT2D eigenvalue weighted by Crippen LogP contribution is 2.57. The van der Waals surface area contributed by atoms with Crippen LogP contribution in [-0.4, -0.2) is 55.4 Å². The summed E-state index contributed by atoms with van der Waals surface area (Å²) in [5, 5.41) is 8.02. The molecule has 1 amide bonds. The van der Waals surface area contributed by atoms with Crippen LogP contribution in [0.1, 0.15) is 80.5 Å². The maximum absolute atomic E-state index is 15.0. The van der Waals surface area contributed by atoms with Crippen molar-refractivity contribution in [3.63, 3.8) is 0 Å². The molecule has 2 atom stereocenters. The standard InChI is InChI=1S/C29H29F8NO3S.C5H10O/c1-17-2-10-22(11-3-17)42(40,41)26-14-15-38(25(39)18-4-8-21(30)9-5-18)24(26)13-6-19-16-20(7-12-23(19)26)27(31,28(32,33)34)29(35,36)37;1-2-3-4-5-6/h2-3,7,10-12,16,18,21,24H,4-6,8-9,13-15H2,1H3;4-6H,2-3H2,1H3/b;5-4+. The Hall–Kier alpha value is -3.16. The first kappa shape index (κ1) is 37.7. The van der Waals surface area contributed by atoms with Crippen molar-refractivity contribution in [1.29, 1.82) is 0 Å². The van der Waals surface area contributed by atoms with Crippen LogP contribution in [0.3, 0.4) is 0 Å². The predicted octanol–water partition coefficient (Wildman–Crippen LogP) is 8.89. The quantitative estimate of drug-likeness (QED) is 0.240. The average molecular weight is 710 g/mol. The Balaban J connectivity index is 0.000000794. The Labute approximate surface area is 274 Å². The molecule has 14 heteroatoms. The van der Waals surface area contributed by atoms with Crippen LogP contribution in [0, 0.1) is 12.8 Å². The summed E-state index contributed by atoms with van der Waals surface area (Å²) in [4.78, 5) is 15.0. The van der Waals surface area contributed by atoms with Gasteiger partial charge in [0, 0.05) is 18.0 Å². The lowest BCUT2D eigenvalue weighted by Crippen LogP contribution is -2.53. The Kier molecular flexibility index (Phi) is 11.0. The molecule has 1 heterocycles. The van der Waals surface area contributed by atoms with Crippen LogP contribution in [0.25, 0.3) is 0 Å². The van der Waals surface area contributed by atoms with Gasteiger partial charge in [0.05, 0.1) is 17.2 Å². The number of carbonyl (C=O) groups is 1. The SMILES string of the molecule is CCC/C=C/O.Cc1ccc(S(=O)(=O)C23CCN(C(=O)C4CCC(F)CC4)C2CCc2cc(C(F)(C(F)(F)F)C(F)(F)F)ccc23)cc1. The number of hydrogen-bond acceptors (Lipinski definition) is 4. The van der Waals surface area contributed by atoms with Crippen molar-refractivity contribution >= 4 is 15.7 Å². The Morgan fingerprint density at radius 3 is 2.08 bits per heavy atom. The third kappa shape index (κ3) is 6.57.